The minimum atomic E-state index is -0.217. The highest BCUT2D eigenvalue weighted by Gasteiger charge is 2.12. The second-order valence-corrected chi connectivity index (χ2v) is 3.39. The van der Waals surface area contributed by atoms with E-state index in [1.807, 2.05) is 0 Å². The first-order chi connectivity index (χ1) is 7.68. The van der Waals surface area contributed by atoms with Crippen molar-refractivity contribution in [3.05, 3.63) is 53.9 Å². The summed E-state index contributed by atoms with van der Waals surface area (Å²) in [6.07, 6.45) is 1.57. The number of pyridine rings is 1. The van der Waals surface area contributed by atoms with Crippen LogP contribution in [0.2, 0.25) is 0 Å². The second kappa shape index (κ2) is 4.19. The second-order valence-electron chi connectivity index (χ2n) is 3.39. The maximum atomic E-state index is 12.0. The average molecular weight is 208 g/mol. The molecule has 0 aliphatic carbocycles. The van der Waals surface area contributed by atoms with Crippen LogP contribution < -0.4 is 11.2 Å². The van der Waals surface area contributed by atoms with Crippen LogP contribution in [-0.2, 0) is 0 Å². The molecule has 0 saturated carbocycles. The minimum absolute atomic E-state index is 0.217. The molecule has 2 N–H and O–H groups in total. The van der Waals surface area contributed by atoms with E-state index < -0.39 is 0 Å². The molecule has 2 radical (unpaired) electrons. The summed E-state index contributed by atoms with van der Waals surface area (Å²) in [5.74, 6) is -0.217. The first-order valence-corrected chi connectivity index (χ1v) is 4.79. The molecule has 76 valence electrons. The van der Waals surface area contributed by atoms with Gasteiger partial charge in [0.25, 0.3) is 0 Å². The maximum Gasteiger partial charge on any atom is 0.213 e. The number of aromatic nitrogens is 1. The number of carbonyl (C=O) groups excluding carboxylic acids is 1. The molecule has 1 aromatic heterocycles. The summed E-state index contributed by atoms with van der Waals surface area (Å²) >= 11 is 0. The van der Waals surface area contributed by atoms with Crippen LogP contribution in [0.15, 0.2) is 42.6 Å². The zero-order chi connectivity index (χ0) is 11.5. The number of ketones is 1. The summed E-state index contributed by atoms with van der Waals surface area (Å²) in [4.78, 5) is 16.0. The number of nitrogens with two attached hydrogens (primary N) is 1. The summed E-state index contributed by atoms with van der Waals surface area (Å²) in [7, 11) is 5.62. The van der Waals surface area contributed by atoms with Gasteiger partial charge in [-0.15, -0.1) is 0 Å². The molecule has 0 atom stereocenters. The van der Waals surface area contributed by atoms with Crippen LogP contribution in [0.5, 0.6) is 0 Å². The van der Waals surface area contributed by atoms with Crippen molar-refractivity contribution in [2.75, 3.05) is 5.73 Å². The van der Waals surface area contributed by atoms with Crippen LogP contribution in [0.3, 0.4) is 0 Å². The number of rotatable bonds is 2. The molecule has 0 aliphatic heterocycles. The monoisotopic (exact) mass is 208 g/mol. The van der Waals surface area contributed by atoms with E-state index in [-0.39, 0.29) is 5.78 Å². The molecule has 0 amide bonds. The Morgan fingerprint density at radius 2 is 2.06 bits per heavy atom. The maximum absolute atomic E-state index is 12.0. The van der Waals surface area contributed by atoms with E-state index >= 15 is 0 Å². The molecule has 0 unspecified atom stereocenters. The first kappa shape index (κ1) is 10.4. The van der Waals surface area contributed by atoms with Crippen molar-refractivity contribution in [3.63, 3.8) is 0 Å². The largest absolute Gasteiger partial charge is 0.398 e. The van der Waals surface area contributed by atoms with E-state index in [1.54, 1.807) is 42.6 Å². The van der Waals surface area contributed by atoms with Crippen molar-refractivity contribution < 1.29 is 4.79 Å². The fourth-order valence-corrected chi connectivity index (χ4v) is 1.41. The van der Waals surface area contributed by atoms with Gasteiger partial charge in [0.15, 0.2) is 0 Å². The number of benzene rings is 1. The van der Waals surface area contributed by atoms with E-state index in [0.29, 0.717) is 22.4 Å². The highest BCUT2D eigenvalue weighted by Crippen LogP contribution is 2.13. The lowest BCUT2D eigenvalue weighted by Crippen LogP contribution is -2.12. The SMILES string of the molecule is [B]c1ccc(N)c(C(=O)c2ccccn2)c1. The van der Waals surface area contributed by atoms with Crippen molar-refractivity contribution in [3.8, 4) is 0 Å². The third kappa shape index (κ3) is 1.96. The van der Waals surface area contributed by atoms with Gasteiger partial charge in [-0.1, -0.05) is 23.7 Å². The Labute approximate surface area is 94.7 Å². The van der Waals surface area contributed by atoms with E-state index in [9.17, 15) is 4.79 Å². The summed E-state index contributed by atoms with van der Waals surface area (Å²) in [6.45, 7) is 0. The van der Waals surface area contributed by atoms with E-state index in [0.717, 1.165) is 0 Å². The van der Waals surface area contributed by atoms with Crippen LogP contribution in [0, 0.1) is 0 Å². The van der Waals surface area contributed by atoms with Gasteiger partial charge in [-0.2, -0.15) is 0 Å². The zero-order valence-corrected chi connectivity index (χ0v) is 8.55. The molecule has 1 aromatic carbocycles. The molecule has 0 saturated heterocycles. The molecular formula is C12H9BN2O. The van der Waals surface area contributed by atoms with Crippen LogP contribution >= 0.6 is 0 Å². The lowest BCUT2D eigenvalue weighted by molar-refractivity contribution is 0.103. The molecule has 2 rings (SSSR count). The third-order valence-electron chi connectivity index (χ3n) is 2.22. The van der Waals surface area contributed by atoms with Gasteiger partial charge in [0.2, 0.25) is 5.78 Å². The van der Waals surface area contributed by atoms with Crippen molar-refractivity contribution in [2.45, 2.75) is 0 Å². The standard InChI is InChI=1S/C12H9BN2O/c13-8-4-5-10(14)9(7-8)12(16)11-3-1-2-6-15-11/h1-7H,14H2. The zero-order valence-electron chi connectivity index (χ0n) is 8.55. The number of nitrogens with zero attached hydrogens (tertiary/aromatic N) is 1. The molecule has 0 aliphatic rings. The number of carbonyl (C=O) groups is 1. The van der Waals surface area contributed by atoms with Gasteiger partial charge < -0.3 is 5.73 Å². The van der Waals surface area contributed by atoms with Crippen molar-refractivity contribution >= 4 is 24.8 Å². The molecule has 0 bridgehead atoms. The molecule has 0 fully saturated rings. The summed E-state index contributed by atoms with van der Waals surface area (Å²) in [5.41, 5.74) is 7.39. The average Bonchev–Trinajstić information content (AvgIpc) is 2.32. The van der Waals surface area contributed by atoms with E-state index in [4.69, 9.17) is 13.6 Å². The van der Waals surface area contributed by atoms with Crippen LogP contribution in [0.4, 0.5) is 5.69 Å². The highest BCUT2D eigenvalue weighted by atomic mass is 16.1. The topological polar surface area (TPSA) is 56.0 Å². The normalized spacial score (nSPS) is 10.0. The fourth-order valence-electron chi connectivity index (χ4n) is 1.41. The molecule has 1 heterocycles. The molecular weight excluding hydrogens is 199 g/mol. The molecule has 4 heteroatoms. The Morgan fingerprint density at radius 1 is 1.25 bits per heavy atom. The van der Waals surface area contributed by atoms with E-state index in [2.05, 4.69) is 4.98 Å². The van der Waals surface area contributed by atoms with Gasteiger partial charge in [0.05, 0.1) is 0 Å². The van der Waals surface area contributed by atoms with Crippen LogP contribution in [-0.4, -0.2) is 18.6 Å². The van der Waals surface area contributed by atoms with Crippen molar-refractivity contribution in [1.29, 1.82) is 0 Å². The Hall–Kier alpha value is -2.10. The van der Waals surface area contributed by atoms with Gasteiger partial charge >= 0.3 is 0 Å². The number of hydrogen-bond donors (Lipinski definition) is 1. The van der Waals surface area contributed by atoms with Crippen molar-refractivity contribution in [1.82, 2.24) is 4.98 Å². The van der Waals surface area contributed by atoms with Gasteiger partial charge in [0, 0.05) is 17.4 Å². The Bertz CT molecular complexity index is 526. The molecule has 2 aromatic rings. The van der Waals surface area contributed by atoms with Gasteiger partial charge in [-0.3, -0.25) is 9.78 Å². The highest BCUT2D eigenvalue weighted by molar-refractivity contribution is 6.33. The fraction of sp³-hybridized carbons (Fsp3) is 0. The predicted octanol–water partition coefficient (Wildman–Crippen LogP) is 0.689. The summed E-state index contributed by atoms with van der Waals surface area (Å²) < 4.78 is 0. The van der Waals surface area contributed by atoms with Gasteiger partial charge in [0.1, 0.15) is 13.5 Å². The predicted molar refractivity (Wildman–Crippen MR) is 63.9 cm³/mol. The molecule has 16 heavy (non-hydrogen) atoms. The Morgan fingerprint density at radius 3 is 2.75 bits per heavy atom. The minimum Gasteiger partial charge on any atom is -0.398 e. The molecule has 3 nitrogen and oxygen atoms in total. The van der Waals surface area contributed by atoms with Crippen molar-refractivity contribution in [2.24, 2.45) is 0 Å². The number of nitrogen functional groups attached to an aromatic ring is 1. The van der Waals surface area contributed by atoms with Crippen LogP contribution in [0.25, 0.3) is 0 Å². The smallest absolute Gasteiger partial charge is 0.213 e. The summed E-state index contributed by atoms with van der Waals surface area (Å²) in [6, 6.07) is 9.98. The summed E-state index contributed by atoms with van der Waals surface area (Å²) in [5, 5.41) is 0. The Kier molecular flexibility index (Phi) is 2.73. The van der Waals surface area contributed by atoms with Gasteiger partial charge in [-0.25, -0.2) is 0 Å². The molecule has 0 spiro atoms. The van der Waals surface area contributed by atoms with E-state index in [1.165, 1.54) is 0 Å². The third-order valence-corrected chi connectivity index (χ3v) is 2.22. The lowest BCUT2D eigenvalue weighted by atomic mass is 9.92. The first-order valence-electron chi connectivity index (χ1n) is 4.79. The number of anilines is 1. The van der Waals surface area contributed by atoms with Gasteiger partial charge in [-0.05, 0) is 18.2 Å². The number of hydrogen-bond acceptors (Lipinski definition) is 3. The lowest BCUT2D eigenvalue weighted by Gasteiger charge is -2.05. The van der Waals surface area contributed by atoms with Crippen LogP contribution in [0.1, 0.15) is 16.1 Å². The quantitative estimate of drug-likeness (QED) is 0.448. The Balaban J connectivity index is 2.46.